The summed E-state index contributed by atoms with van der Waals surface area (Å²) in [6.45, 7) is 0.174. The Morgan fingerprint density at radius 3 is 2.10 bits per heavy atom. The summed E-state index contributed by atoms with van der Waals surface area (Å²) in [5.74, 6) is -1.47. The maximum atomic E-state index is 14.6. The lowest BCUT2D eigenvalue weighted by Crippen LogP contribution is -2.53. The molecule has 3 aromatic rings. The SMILES string of the molecule is CN1Cc2cc(S(=O)(=O)Nc3ccc(-c4ccc(C(O)(C(F)(F)F)C(F)(F)F)cc4F)cc3)ccc2NC1=O. The fourth-order valence-corrected chi connectivity index (χ4v) is 5.03. The van der Waals surface area contributed by atoms with Crippen LogP contribution in [0, 0.1) is 5.82 Å². The number of amides is 2. The molecule has 0 radical (unpaired) electrons. The molecule has 1 aliphatic rings. The van der Waals surface area contributed by atoms with Crippen molar-refractivity contribution in [2.24, 2.45) is 0 Å². The number of aliphatic hydroxyl groups is 1. The van der Waals surface area contributed by atoms with Gasteiger partial charge in [0.1, 0.15) is 5.82 Å². The normalized spacial score (nSPS) is 14.6. The highest BCUT2D eigenvalue weighted by Gasteiger charge is 2.71. The summed E-state index contributed by atoms with van der Waals surface area (Å²) in [5.41, 5.74) is -6.36. The zero-order valence-electron chi connectivity index (χ0n) is 19.7. The molecule has 0 aliphatic carbocycles. The fourth-order valence-electron chi connectivity index (χ4n) is 3.92. The summed E-state index contributed by atoms with van der Waals surface area (Å²) in [6, 6.07) is 9.48. The van der Waals surface area contributed by atoms with Crippen LogP contribution in [0.4, 0.5) is 46.9 Å². The van der Waals surface area contributed by atoms with Crippen molar-refractivity contribution in [1.29, 1.82) is 0 Å². The zero-order chi connectivity index (χ0) is 29.0. The van der Waals surface area contributed by atoms with E-state index >= 15 is 0 Å². The van der Waals surface area contributed by atoms with Crippen molar-refractivity contribution in [3.05, 3.63) is 77.6 Å². The van der Waals surface area contributed by atoms with Gasteiger partial charge in [-0.2, -0.15) is 26.3 Å². The molecule has 208 valence electrons. The molecule has 0 saturated heterocycles. The van der Waals surface area contributed by atoms with E-state index in [4.69, 9.17) is 0 Å². The van der Waals surface area contributed by atoms with E-state index < -0.39 is 39.4 Å². The monoisotopic (exact) mass is 577 g/mol. The Balaban J connectivity index is 1.57. The van der Waals surface area contributed by atoms with Crippen LogP contribution in [0.3, 0.4) is 0 Å². The van der Waals surface area contributed by atoms with Crippen LogP contribution >= 0.6 is 0 Å². The van der Waals surface area contributed by atoms with Gasteiger partial charge in [-0.1, -0.05) is 24.3 Å². The zero-order valence-corrected chi connectivity index (χ0v) is 20.5. The number of alkyl halides is 6. The molecule has 3 aromatic carbocycles. The quantitative estimate of drug-likeness (QED) is 0.345. The molecule has 0 spiro atoms. The number of nitrogens with one attached hydrogen (secondary N) is 2. The van der Waals surface area contributed by atoms with Gasteiger partial charge in [0, 0.05) is 36.1 Å². The first-order chi connectivity index (χ1) is 17.9. The predicted octanol–water partition coefficient (Wildman–Crippen LogP) is 5.58. The highest BCUT2D eigenvalue weighted by molar-refractivity contribution is 7.92. The van der Waals surface area contributed by atoms with Crippen molar-refractivity contribution in [2.75, 3.05) is 17.1 Å². The van der Waals surface area contributed by atoms with E-state index in [2.05, 4.69) is 10.0 Å². The number of benzene rings is 3. The summed E-state index contributed by atoms with van der Waals surface area (Å²) >= 11 is 0. The molecule has 1 heterocycles. The van der Waals surface area contributed by atoms with Crippen molar-refractivity contribution >= 4 is 27.4 Å². The third-order valence-electron chi connectivity index (χ3n) is 6.04. The second-order valence-electron chi connectivity index (χ2n) is 8.69. The third-order valence-corrected chi connectivity index (χ3v) is 7.42. The Bertz CT molecular complexity index is 1520. The molecule has 2 amide bonds. The molecular weight excluding hydrogens is 559 g/mol. The van der Waals surface area contributed by atoms with E-state index in [0.717, 1.165) is 0 Å². The van der Waals surface area contributed by atoms with E-state index in [1.165, 1.54) is 54.4 Å². The molecule has 4 rings (SSSR count). The molecule has 0 atom stereocenters. The Morgan fingerprint density at radius 1 is 0.923 bits per heavy atom. The number of carbonyl (C=O) groups is 1. The number of carbonyl (C=O) groups excluding carboxylic acids is 1. The lowest BCUT2D eigenvalue weighted by molar-refractivity contribution is -0.376. The molecule has 3 N–H and O–H groups in total. The lowest BCUT2D eigenvalue weighted by atomic mass is 9.90. The minimum Gasteiger partial charge on any atom is -0.369 e. The smallest absolute Gasteiger partial charge is 0.369 e. The molecule has 0 fully saturated rings. The summed E-state index contributed by atoms with van der Waals surface area (Å²) in [7, 11) is -2.58. The summed E-state index contributed by atoms with van der Waals surface area (Å²) in [4.78, 5) is 13.0. The van der Waals surface area contributed by atoms with Gasteiger partial charge in [0.05, 0.1) is 4.90 Å². The van der Waals surface area contributed by atoms with Crippen molar-refractivity contribution in [3.63, 3.8) is 0 Å². The number of sulfonamides is 1. The summed E-state index contributed by atoms with van der Waals surface area (Å²) in [5, 5.41) is 12.1. The van der Waals surface area contributed by atoms with Crippen LogP contribution in [-0.4, -0.2) is 43.9 Å². The van der Waals surface area contributed by atoms with E-state index in [-0.39, 0.29) is 40.4 Å². The Hall–Kier alpha value is -3.85. The molecule has 15 heteroatoms. The molecular formula is C24H18F7N3O4S. The summed E-state index contributed by atoms with van der Waals surface area (Å²) < 4.78 is 121. The summed E-state index contributed by atoms with van der Waals surface area (Å²) in [6.07, 6.45) is -12.3. The van der Waals surface area contributed by atoms with Crippen molar-refractivity contribution in [1.82, 2.24) is 4.90 Å². The van der Waals surface area contributed by atoms with Gasteiger partial charge < -0.3 is 15.3 Å². The molecule has 0 bridgehead atoms. The number of nitrogens with zero attached hydrogens (tertiary/aromatic N) is 1. The first-order valence-electron chi connectivity index (χ1n) is 10.9. The number of urea groups is 1. The maximum Gasteiger partial charge on any atom is 0.430 e. The maximum absolute atomic E-state index is 14.6. The van der Waals surface area contributed by atoms with E-state index in [9.17, 15) is 49.1 Å². The highest BCUT2D eigenvalue weighted by Crippen LogP contribution is 2.50. The van der Waals surface area contributed by atoms with Crippen molar-refractivity contribution in [3.8, 4) is 11.1 Å². The first kappa shape index (κ1) is 28.2. The van der Waals surface area contributed by atoms with Crippen LogP contribution in [-0.2, 0) is 22.2 Å². The van der Waals surface area contributed by atoms with Gasteiger partial charge in [0.15, 0.2) is 0 Å². The first-order valence-corrected chi connectivity index (χ1v) is 12.4. The Labute approximate surface area is 216 Å². The van der Waals surface area contributed by atoms with E-state index in [1.807, 2.05) is 0 Å². The van der Waals surface area contributed by atoms with Crippen molar-refractivity contribution in [2.45, 2.75) is 29.4 Å². The van der Waals surface area contributed by atoms with Gasteiger partial charge in [-0.05, 0) is 47.5 Å². The minimum absolute atomic E-state index is 0.0112. The third kappa shape index (κ3) is 5.11. The van der Waals surface area contributed by atoms with Gasteiger partial charge in [-0.15, -0.1) is 0 Å². The molecule has 0 aromatic heterocycles. The highest BCUT2D eigenvalue weighted by atomic mass is 32.2. The Kier molecular flexibility index (Phi) is 6.80. The molecule has 39 heavy (non-hydrogen) atoms. The van der Waals surface area contributed by atoms with Crippen LogP contribution in [0.1, 0.15) is 11.1 Å². The largest absolute Gasteiger partial charge is 0.430 e. The number of fused-ring (bicyclic) bond motifs is 1. The van der Waals surface area contributed by atoms with Crippen LogP contribution in [0.25, 0.3) is 11.1 Å². The van der Waals surface area contributed by atoms with Crippen molar-refractivity contribution < 1.29 is 49.1 Å². The average Bonchev–Trinajstić information content (AvgIpc) is 2.83. The minimum atomic E-state index is -6.17. The van der Waals surface area contributed by atoms with E-state index in [1.54, 1.807) is 0 Å². The second kappa shape index (κ2) is 9.41. The lowest BCUT2D eigenvalue weighted by Gasteiger charge is -2.32. The number of hydrogen-bond donors (Lipinski definition) is 3. The number of hydrogen-bond acceptors (Lipinski definition) is 4. The fraction of sp³-hybridized carbons (Fsp3) is 0.208. The van der Waals surface area contributed by atoms with Crippen LogP contribution in [0.5, 0.6) is 0 Å². The molecule has 1 aliphatic heterocycles. The Morgan fingerprint density at radius 2 is 1.54 bits per heavy atom. The van der Waals surface area contributed by atoms with Gasteiger partial charge in [0.2, 0.25) is 0 Å². The number of anilines is 2. The van der Waals surface area contributed by atoms with Gasteiger partial charge in [0.25, 0.3) is 15.6 Å². The van der Waals surface area contributed by atoms with Gasteiger partial charge in [-0.3, -0.25) is 4.72 Å². The second-order valence-corrected chi connectivity index (χ2v) is 10.4. The van der Waals surface area contributed by atoms with Crippen LogP contribution in [0.2, 0.25) is 0 Å². The predicted molar refractivity (Wildman–Crippen MR) is 126 cm³/mol. The van der Waals surface area contributed by atoms with E-state index in [0.29, 0.717) is 23.4 Å². The van der Waals surface area contributed by atoms with Crippen LogP contribution < -0.4 is 10.0 Å². The molecule has 0 saturated carbocycles. The number of rotatable bonds is 5. The topological polar surface area (TPSA) is 98.7 Å². The average molecular weight is 577 g/mol. The van der Waals surface area contributed by atoms with Crippen LogP contribution in [0.15, 0.2) is 65.6 Å². The standard InChI is InChI=1S/C24H18F7N3O4S/c1-34-12-14-10-17(7-9-20(14)32-21(34)35)39(37,38)33-16-5-2-13(3-6-16)18-8-4-15(11-19(18)25)22(36,23(26,27)28)24(29,30)31/h2-11,33,36H,12H2,1H3,(H,32,35). The molecule has 0 unspecified atom stereocenters. The van der Waals surface area contributed by atoms with Gasteiger partial charge in [-0.25, -0.2) is 17.6 Å². The number of halogens is 7. The molecule has 7 nitrogen and oxygen atoms in total. The van der Waals surface area contributed by atoms with Gasteiger partial charge >= 0.3 is 18.4 Å².